The third-order valence-corrected chi connectivity index (χ3v) is 3.09. The van der Waals surface area contributed by atoms with E-state index in [4.69, 9.17) is 10.8 Å². The fraction of sp³-hybridized carbons (Fsp3) is 0.636. The normalized spacial score (nSPS) is 23.2. The lowest BCUT2D eigenvalue weighted by atomic mass is 9.82. The zero-order chi connectivity index (χ0) is 12.4. The molecule has 0 aliphatic heterocycles. The molecule has 0 atom stereocenters. The van der Waals surface area contributed by atoms with Crippen molar-refractivity contribution < 1.29 is 9.90 Å². The third kappa shape index (κ3) is 2.58. The van der Waals surface area contributed by atoms with Crippen molar-refractivity contribution in [3.05, 3.63) is 11.9 Å². The van der Waals surface area contributed by atoms with Crippen LogP contribution in [0.25, 0.3) is 0 Å². The van der Waals surface area contributed by atoms with E-state index < -0.39 is 0 Å². The number of amides is 1. The minimum Gasteiger partial charge on any atom is -0.396 e. The number of nitrogen functional groups attached to an aromatic ring is 1. The van der Waals surface area contributed by atoms with Crippen molar-refractivity contribution in [1.82, 2.24) is 15.1 Å². The molecule has 1 aromatic rings. The Morgan fingerprint density at radius 2 is 2.41 bits per heavy atom. The number of aryl methyl sites for hydroxylation is 1. The van der Waals surface area contributed by atoms with Crippen LogP contribution < -0.4 is 11.1 Å². The summed E-state index contributed by atoms with van der Waals surface area (Å²) in [5, 5.41) is 16.0. The average molecular weight is 238 g/mol. The molecule has 0 spiro atoms. The molecule has 0 unspecified atom stereocenters. The van der Waals surface area contributed by atoms with E-state index in [1.54, 1.807) is 10.9 Å². The van der Waals surface area contributed by atoms with E-state index in [2.05, 4.69) is 10.4 Å². The number of nitrogens with one attached hydrogen (secondary N) is 1. The second kappa shape index (κ2) is 4.75. The molecule has 1 aromatic heterocycles. The van der Waals surface area contributed by atoms with E-state index in [0.29, 0.717) is 24.7 Å². The van der Waals surface area contributed by atoms with Crippen molar-refractivity contribution in [3.8, 4) is 0 Å². The maximum absolute atomic E-state index is 11.8. The van der Waals surface area contributed by atoms with Gasteiger partial charge in [-0.15, -0.1) is 0 Å². The molecule has 94 valence electrons. The topological polar surface area (TPSA) is 93.2 Å². The van der Waals surface area contributed by atoms with Crippen molar-refractivity contribution >= 4 is 11.6 Å². The van der Waals surface area contributed by atoms with Gasteiger partial charge in [-0.3, -0.25) is 9.48 Å². The Balaban J connectivity index is 1.88. The van der Waals surface area contributed by atoms with E-state index in [-0.39, 0.29) is 17.7 Å². The van der Waals surface area contributed by atoms with E-state index in [9.17, 15) is 4.79 Å². The Kier molecular flexibility index (Phi) is 3.33. The Labute approximate surface area is 99.8 Å². The minimum absolute atomic E-state index is 0.193. The summed E-state index contributed by atoms with van der Waals surface area (Å²) in [5.74, 6) is 0.138. The summed E-state index contributed by atoms with van der Waals surface area (Å²) in [5.41, 5.74) is 6.39. The van der Waals surface area contributed by atoms with Crippen LogP contribution in [0, 0.1) is 5.92 Å². The summed E-state index contributed by atoms with van der Waals surface area (Å²) in [7, 11) is 0. The van der Waals surface area contributed by atoms with E-state index >= 15 is 0 Å². The molecule has 1 amide bonds. The van der Waals surface area contributed by atoms with Crippen LogP contribution in [0.4, 0.5) is 5.69 Å². The fourth-order valence-corrected chi connectivity index (χ4v) is 1.96. The van der Waals surface area contributed by atoms with Crippen LogP contribution in [0.5, 0.6) is 0 Å². The van der Waals surface area contributed by atoms with Gasteiger partial charge in [0.15, 0.2) is 5.69 Å². The first-order valence-corrected chi connectivity index (χ1v) is 5.89. The molecule has 17 heavy (non-hydrogen) atoms. The highest BCUT2D eigenvalue weighted by Crippen LogP contribution is 2.26. The van der Waals surface area contributed by atoms with Crippen molar-refractivity contribution in [3.63, 3.8) is 0 Å². The molecular formula is C11H18N4O2. The monoisotopic (exact) mass is 238 g/mol. The molecule has 0 bridgehead atoms. The lowest BCUT2D eigenvalue weighted by molar-refractivity contribution is 0.0419. The molecule has 4 N–H and O–H groups in total. The molecule has 0 aromatic carbocycles. The number of carbonyl (C=O) groups is 1. The molecule has 2 rings (SSSR count). The van der Waals surface area contributed by atoms with Gasteiger partial charge in [-0.2, -0.15) is 5.10 Å². The summed E-state index contributed by atoms with van der Waals surface area (Å²) in [6.07, 6.45) is 2.99. The highest BCUT2D eigenvalue weighted by molar-refractivity contribution is 5.96. The van der Waals surface area contributed by atoms with Gasteiger partial charge in [0.1, 0.15) is 0 Å². The highest BCUT2D eigenvalue weighted by atomic mass is 16.3. The number of aromatic nitrogens is 2. The largest absolute Gasteiger partial charge is 0.396 e. The number of carbonyl (C=O) groups excluding carboxylic acids is 1. The summed E-state index contributed by atoms with van der Waals surface area (Å²) in [6.45, 7) is 3.20. The van der Waals surface area contributed by atoms with Gasteiger partial charge >= 0.3 is 0 Å². The number of rotatable bonds is 4. The zero-order valence-corrected chi connectivity index (χ0v) is 9.89. The molecule has 6 nitrogen and oxygen atoms in total. The predicted octanol–water partition coefficient (Wildman–Crippen LogP) is -0.0141. The van der Waals surface area contributed by atoms with Gasteiger partial charge in [-0.05, 0) is 25.7 Å². The maximum atomic E-state index is 11.8. The van der Waals surface area contributed by atoms with Crippen LogP contribution in [-0.4, -0.2) is 33.4 Å². The van der Waals surface area contributed by atoms with Crippen molar-refractivity contribution in [2.75, 3.05) is 12.3 Å². The molecule has 1 heterocycles. The Hall–Kier alpha value is -1.56. The first kappa shape index (κ1) is 11.9. The quantitative estimate of drug-likeness (QED) is 0.687. The van der Waals surface area contributed by atoms with Crippen LogP contribution in [0.3, 0.4) is 0 Å². The van der Waals surface area contributed by atoms with E-state index in [0.717, 1.165) is 12.8 Å². The average Bonchev–Trinajstić information content (AvgIpc) is 2.64. The fourth-order valence-electron chi connectivity index (χ4n) is 1.96. The highest BCUT2D eigenvalue weighted by Gasteiger charge is 2.27. The summed E-state index contributed by atoms with van der Waals surface area (Å²) in [6, 6.07) is 0. The smallest absolute Gasteiger partial charge is 0.273 e. The van der Waals surface area contributed by atoms with Crippen LogP contribution >= 0.6 is 0 Å². The molecule has 0 radical (unpaired) electrons. The van der Waals surface area contributed by atoms with Gasteiger partial charge in [-0.25, -0.2) is 0 Å². The first-order chi connectivity index (χ1) is 8.10. The van der Waals surface area contributed by atoms with Crippen molar-refractivity contribution in [2.45, 2.75) is 32.4 Å². The summed E-state index contributed by atoms with van der Waals surface area (Å²) in [4.78, 5) is 11.8. The third-order valence-electron chi connectivity index (χ3n) is 3.09. The number of nitrogens with two attached hydrogens (primary N) is 1. The summed E-state index contributed by atoms with van der Waals surface area (Å²) >= 11 is 0. The number of hydrogen-bond acceptors (Lipinski definition) is 4. The molecule has 6 heteroatoms. The van der Waals surface area contributed by atoms with E-state index in [1.165, 1.54) is 0 Å². The van der Waals surface area contributed by atoms with Gasteiger partial charge in [0, 0.05) is 19.3 Å². The Bertz CT molecular complexity index is 410. The number of nitrogens with zero attached hydrogens (tertiary/aromatic N) is 2. The number of hydrogen-bond donors (Lipinski definition) is 3. The lowest BCUT2D eigenvalue weighted by Gasteiger charge is -2.31. The maximum Gasteiger partial charge on any atom is 0.273 e. The van der Waals surface area contributed by atoms with Crippen molar-refractivity contribution in [2.24, 2.45) is 5.92 Å². The molecule has 1 aliphatic carbocycles. The van der Waals surface area contributed by atoms with Gasteiger partial charge in [0.25, 0.3) is 5.91 Å². The van der Waals surface area contributed by atoms with Crippen molar-refractivity contribution in [1.29, 1.82) is 0 Å². The molecule has 0 saturated heterocycles. The van der Waals surface area contributed by atoms with Crippen LogP contribution in [0.1, 0.15) is 30.3 Å². The SMILES string of the molecule is CCn1cc(N)c(C(=O)NCC2CC(O)C2)n1. The number of aliphatic hydroxyl groups excluding tert-OH is 1. The van der Waals surface area contributed by atoms with Gasteiger partial charge < -0.3 is 16.2 Å². The number of anilines is 1. The lowest BCUT2D eigenvalue weighted by Crippen LogP contribution is -2.38. The molecule has 1 fully saturated rings. The zero-order valence-electron chi connectivity index (χ0n) is 9.89. The molecular weight excluding hydrogens is 220 g/mol. The van der Waals surface area contributed by atoms with Crippen LogP contribution in [0.15, 0.2) is 6.20 Å². The van der Waals surface area contributed by atoms with Gasteiger partial charge in [0.2, 0.25) is 0 Å². The van der Waals surface area contributed by atoms with Gasteiger partial charge in [-0.1, -0.05) is 0 Å². The molecule has 1 aliphatic rings. The minimum atomic E-state index is -0.240. The summed E-state index contributed by atoms with van der Waals surface area (Å²) < 4.78 is 1.64. The van der Waals surface area contributed by atoms with Crippen LogP contribution in [0.2, 0.25) is 0 Å². The van der Waals surface area contributed by atoms with E-state index in [1.807, 2.05) is 6.92 Å². The predicted molar refractivity (Wildman–Crippen MR) is 63.4 cm³/mol. The number of aliphatic hydroxyl groups is 1. The first-order valence-electron chi connectivity index (χ1n) is 5.89. The second-order valence-electron chi connectivity index (χ2n) is 4.49. The van der Waals surface area contributed by atoms with Gasteiger partial charge in [0.05, 0.1) is 11.8 Å². The Morgan fingerprint density at radius 3 is 2.94 bits per heavy atom. The molecule has 1 saturated carbocycles. The Morgan fingerprint density at radius 1 is 1.71 bits per heavy atom. The van der Waals surface area contributed by atoms with Crippen LogP contribution in [-0.2, 0) is 6.54 Å². The standard InChI is InChI=1S/C11H18N4O2/c1-2-15-6-9(12)10(14-15)11(17)13-5-7-3-8(16)4-7/h6-8,16H,2-5,12H2,1H3,(H,13,17). The second-order valence-corrected chi connectivity index (χ2v) is 4.49.